The molecule has 5 aromatic rings. The third-order valence-corrected chi connectivity index (χ3v) is 9.35. The van der Waals surface area contributed by atoms with Crippen LogP contribution in [0.5, 0.6) is 5.75 Å². The van der Waals surface area contributed by atoms with Gasteiger partial charge in [0.2, 0.25) is 0 Å². The van der Waals surface area contributed by atoms with E-state index in [1.165, 1.54) is 48.4 Å². The maximum atomic E-state index is 14.5. The van der Waals surface area contributed by atoms with Crippen LogP contribution in [0, 0.1) is 6.92 Å². The highest BCUT2D eigenvalue weighted by atomic mass is 32.2. The van der Waals surface area contributed by atoms with Gasteiger partial charge in [0, 0.05) is 23.5 Å². The van der Waals surface area contributed by atoms with Gasteiger partial charge in [0.25, 0.3) is 15.9 Å². The molecule has 0 saturated heterocycles. The van der Waals surface area contributed by atoms with E-state index in [0.717, 1.165) is 17.2 Å². The van der Waals surface area contributed by atoms with Gasteiger partial charge in [-0.1, -0.05) is 66.2 Å². The topological polar surface area (TPSA) is 78.9 Å². The van der Waals surface area contributed by atoms with Crippen LogP contribution in [0.4, 0.5) is 30.2 Å². The predicted octanol–water partition coefficient (Wildman–Crippen LogP) is 8.19. The molecule has 240 valence electrons. The van der Waals surface area contributed by atoms with Crippen molar-refractivity contribution >= 4 is 33.0 Å². The molecule has 6 rings (SSSR count). The van der Waals surface area contributed by atoms with Gasteiger partial charge in [0.05, 0.1) is 28.8 Å². The van der Waals surface area contributed by atoms with Crippen LogP contribution < -0.4 is 19.3 Å². The monoisotopic (exact) mass is 657 g/mol. The lowest BCUT2D eigenvalue weighted by Crippen LogP contribution is -2.50. The third-order valence-electron chi connectivity index (χ3n) is 7.97. The van der Waals surface area contributed by atoms with E-state index in [4.69, 9.17) is 4.74 Å². The second-order valence-corrected chi connectivity index (χ2v) is 12.8. The molecular weight excluding hydrogens is 627 g/mol. The predicted molar refractivity (Wildman–Crippen MR) is 175 cm³/mol. The zero-order valence-electron chi connectivity index (χ0n) is 25.4. The zero-order chi connectivity index (χ0) is 33.3. The van der Waals surface area contributed by atoms with Crippen molar-refractivity contribution in [2.45, 2.75) is 30.7 Å². The van der Waals surface area contributed by atoms with Crippen LogP contribution >= 0.6 is 0 Å². The number of halogens is 3. The number of hydrogen-bond acceptors (Lipinski definition) is 5. The molecule has 0 unspecified atom stereocenters. The molecule has 0 radical (unpaired) electrons. The van der Waals surface area contributed by atoms with E-state index in [2.05, 4.69) is 4.72 Å². The SMILES string of the molecule is COc1ccc(NS(=O)(=O)c2ccc3c(c2)C(=O)N(c2ccc(C)cc2)[C@H](c2ccccc2C(F)(F)F)N3Cc2ccccc2)cc1. The highest BCUT2D eigenvalue weighted by Gasteiger charge is 2.44. The summed E-state index contributed by atoms with van der Waals surface area (Å²) in [6, 6.07) is 31.7. The largest absolute Gasteiger partial charge is 0.497 e. The summed E-state index contributed by atoms with van der Waals surface area (Å²) in [5.74, 6) is -0.0969. The Bertz CT molecular complexity index is 2020. The van der Waals surface area contributed by atoms with Crippen molar-refractivity contribution in [2.24, 2.45) is 0 Å². The highest BCUT2D eigenvalue weighted by molar-refractivity contribution is 7.92. The molecule has 0 fully saturated rings. The summed E-state index contributed by atoms with van der Waals surface area (Å²) in [6.45, 7) is 1.98. The number of methoxy groups -OCH3 is 1. The second kappa shape index (κ2) is 12.5. The van der Waals surface area contributed by atoms with E-state index in [0.29, 0.717) is 17.1 Å². The number of sulfonamides is 1. The first-order valence-corrected chi connectivity index (χ1v) is 16.1. The minimum atomic E-state index is -4.71. The number of carbonyl (C=O) groups excluding carboxylic acids is 1. The van der Waals surface area contributed by atoms with E-state index in [9.17, 15) is 26.4 Å². The van der Waals surface area contributed by atoms with Gasteiger partial charge in [-0.15, -0.1) is 0 Å². The molecule has 1 N–H and O–H groups in total. The van der Waals surface area contributed by atoms with Crippen molar-refractivity contribution in [2.75, 3.05) is 21.6 Å². The van der Waals surface area contributed by atoms with Crippen molar-refractivity contribution in [1.29, 1.82) is 0 Å². The lowest BCUT2D eigenvalue weighted by molar-refractivity contribution is -0.138. The van der Waals surface area contributed by atoms with E-state index in [1.807, 2.05) is 37.3 Å². The first kappa shape index (κ1) is 31.7. The van der Waals surface area contributed by atoms with Crippen LogP contribution in [0.25, 0.3) is 0 Å². The summed E-state index contributed by atoms with van der Waals surface area (Å²) in [4.78, 5) is 17.4. The number of alkyl halides is 3. The number of ether oxygens (including phenoxy) is 1. The Hall–Kier alpha value is -5.29. The van der Waals surface area contributed by atoms with Gasteiger partial charge in [0.15, 0.2) is 0 Å². The second-order valence-electron chi connectivity index (χ2n) is 11.1. The first-order chi connectivity index (χ1) is 22.5. The smallest absolute Gasteiger partial charge is 0.416 e. The number of anilines is 3. The zero-order valence-corrected chi connectivity index (χ0v) is 26.2. The number of fused-ring (bicyclic) bond motifs is 1. The molecule has 0 aromatic heterocycles. The molecule has 11 heteroatoms. The number of nitrogens with one attached hydrogen (secondary N) is 1. The third kappa shape index (κ3) is 6.39. The number of nitrogens with zero attached hydrogens (tertiary/aromatic N) is 2. The number of rotatable bonds is 8. The Morgan fingerprint density at radius 3 is 2.15 bits per heavy atom. The van der Waals surface area contributed by atoms with E-state index >= 15 is 0 Å². The van der Waals surface area contributed by atoms with Crippen LogP contribution in [0.15, 0.2) is 126 Å². The van der Waals surface area contributed by atoms with Crippen LogP contribution in [0.1, 0.15) is 38.8 Å². The minimum absolute atomic E-state index is 0.0276. The number of carbonyl (C=O) groups is 1. The van der Waals surface area contributed by atoms with Crippen LogP contribution in [0.3, 0.4) is 0 Å². The number of aryl methyl sites for hydroxylation is 1. The Balaban J connectivity index is 1.55. The fraction of sp³-hybridized carbons (Fsp3) is 0.139. The lowest BCUT2D eigenvalue weighted by atomic mass is 9.95. The summed E-state index contributed by atoms with van der Waals surface area (Å²) in [7, 11) is -2.68. The van der Waals surface area contributed by atoms with Crippen molar-refractivity contribution < 1.29 is 31.1 Å². The summed E-state index contributed by atoms with van der Waals surface area (Å²) in [5, 5.41) is 0. The van der Waals surface area contributed by atoms with Crippen molar-refractivity contribution in [3.63, 3.8) is 0 Å². The van der Waals surface area contributed by atoms with Gasteiger partial charge in [-0.2, -0.15) is 13.2 Å². The molecule has 1 aliphatic heterocycles. The van der Waals surface area contributed by atoms with Gasteiger partial charge in [0.1, 0.15) is 11.9 Å². The van der Waals surface area contributed by atoms with Gasteiger partial charge < -0.3 is 9.64 Å². The lowest BCUT2D eigenvalue weighted by Gasteiger charge is -2.46. The molecule has 0 bridgehead atoms. The molecule has 1 heterocycles. The standard InChI is InChI=1S/C36H30F3N3O4S/c1-24-12-16-27(17-13-24)42-34(30-10-6-7-11-32(30)36(37,38)39)41(23-25-8-4-3-5-9-25)33-21-20-29(22-31(33)35(42)43)47(44,45)40-26-14-18-28(46-2)19-15-26/h3-22,34,40H,23H2,1-2H3/t34-/m1/s1. The van der Waals surface area contributed by atoms with Crippen molar-refractivity contribution in [3.8, 4) is 5.75 Å². The first-order valence-electron chi connectivity index (χ1n) is 14.6. The van der Waals surface area contributed by atoms with E-state index in [-0.39, 0.29) is 28.3 Å². The van der Waals surface area contributed by atoms with E-state index < -0.39 is 33.8 Å². The van der Waals surface area contributed by atoms with Gasteiger partial charge in [-0.3, -0.25) is 14.4 Å². The summed E-state index contributed by atoms with van der Waals surface area (Å²) >= 11 is 0. The average molecular weight is 658 g/mol. The fourth-order valence-electron chi connectivity index (χ4n) is 5.69. The average Bonchev–Trinajstić information content (AvgIpc) is 3.06. The molecule has 5 aromatic carbocycles. The Morgan fingerprint density at radius 1 is 0.830 bits per heavy atom. The van der Waals surface area contributed by atoms with Crippen molar-refractivity contribution in [3.05, 3.63) is 149 Å². The Labute approximate surface area is 270 Å². The molecule has 7 nitrogen and oxygen atoms in total. The van der Waals surface area contributed by atoms with Crippen molar-refractivity contribution in [1.82, 2.24) is 0 Å². The van der Waals surface area contributed by atoms with Gasteiger partial charge in [-0.05, 0) is 73.2 Å². The minimum Gasteiger partial charge on any atom is -0.497 e. The normalized spacial score (nSPS) is 14.9. The quantitative estimate of drug-likeness (QED) is 0.182. The molecular formula is C36H30F3N3O4S. The number of benzene rings is 5. The molecule has 0 saturated carbocycles. The maximum Gasteiger partial charge on any atom is 0.416 e. The summed E-state index contributed by atoms with van der Waals surface area (Å²) in [5.41, 5.74) is 1.65. The highest BCUT2D eigenvalue weighted by Crippen LogP contribution is 2.46. The fourth-order valence-corrected chi connectivity index (χ4v) is 6.78. The Kier molecular flexibility index (Phi) is 8.42. The molecule has 0 spiro atoms. The molecule has 1 amide bonds. The van der Waals surface area contributed by atoms with Gasteiger partial charge >= 0.3 is 6.18 Å². The van der Waals surface area contributed by atoms with E-state index in [1.54, 1.807) is 53.4 Å². The van der Waals surface area contributed by atoms with Crippen LogP contribution in [-0.4, -0.2) is 21.4 Å². The van der Waals surface area contributed by atoms with Gasteiger partial charge in [-0.25, -0.2) is 8.42 Å². The van der Waals surface area contributed by atoms with Crippen LogP contribution in [0.2, 0.25) is 0 Å². The summed E-state index contributed by atoms with van der Waals surface area (Å²) in [6.07, 6.45) is -5.93. The number of amides is 1. The molecule has 0 aliphatic carbocycles. The van der Waals surface area contributed by atoms with Crippen LogP contribution in [-0.2, 0) is 22.7 Å². The summed E-state index contributed by atoms with van der Waals surface area (Å²) < 4.78 is 78.4. The Morgan fingerprint density at radius 2 is 1.49 bits per heavy atom. The molecule has 1 atom stereocenters. The number of hydrogen-bond donors (Lipinski definition) is 1. The molecule has 1 aliphatic rings. The maximum absolute atomic E-state index is 14.5. The molecule has 47 heavy (non-hydrogen) atoms.